The van der Waals surface area contributed by atoms with Crippen molar-refractivity contribution in [1.82, 2.24) is 5.43 Å². The molecule has 0 spiro atoms. The highest BCUT2D eigenvalue weighted by atomic mass is 32.1. The largest absolute Gasteiger partial charge is 0.433 e. The van der Waals surface area contributed by atoms with Crippen molar-refractivity contribution < 1.29 is 9.34 Å². The number of hydrogen-bond acceptors (Lipinski definition) is 5. The van der Waals surface area contributed by atoms with Gasteiger partial charge in [-0.25, -0.2) is 0 Å². The number of hydrogen-bond donors (Lipinski definition) is 2. The summed E-state index contributed by atoms with van der Waals surface area (Å²) in [4.78, 5) is 9.68. The lowest BCUT2D eigenvalue weighted by molar-refractivity contribution is -0.402. The van der Waals surface area contributed by atoms with Crippen molar-refractivity contribution in [3.8, 4) is 0 Å². The Balaban J connectivity index is 2.53. The van der Waals surface area contributed by atoms with Crippen LogP contribution in [0.1, 0.15) is 5.76 Å². The third kappa shape index (κ3) is 3.88. The minimum absolute atomic E-state index is 0.0540. The Morgan fingerprint density at radius 2 is 2.44 bits per heavy atom. The lowest BCUT2D eigenvalue weighted by atomic mass is 10.4. The Bertz CT molecular complexity index is 452. The first-order valence-corrected chi connectivity index (χ1v) is 4.50. The average molecular weight is 240 g/mol. The summed E-state index contributed by atoms with van der Waals surface area (Å²) in [6.45, 7) is 0. The fourth-order valence-corrected chi connectivity index (χ4v) is 0.864. The van der Waals surface area contributed by atoms with Gasteiger partial charge in [-0.2, -0.15) is 5.10 Å². The molecule has 0 saturated carbocycles. The van der Waals surface area contributed by atoms with Crippen molar-refractivity contribution in [1.29, 1.82) is 0 Å². The van der Waals surface area contributed by atoms with Gasteiger partial charge in [-0.3, -0.25) is 15.5 Å². The molecule has 0 aliphatic carbocycles. The molecule has 0 fully saturated rings. The van der Waals surface area contributed by atoms with Crippen LogP contribution in [0.4, 0.5) is 5.88 Å². The molecule has 1 aromatic rings. The summed E-state index contributed by atoms with van der Waals surface area (Å²) in [6.07, 6.45) is 4.42. The number of nitrogens with two attached hydrogens (primary N) is 1. The van der Waals surface area contributed by atoms with Gasteiger partial charge in [-0.1, -0.05) is 0 Å². The summed E-state index contributed by atoms with van der Waals surface area (Å²) in [5.74, 6) is 0.0475. The molecule has 0 aromatic carbocycles. The third-order valence-electron chi connectivity index (χ3n) is 1.39. The molecule has 3 N–H and O–H groups in total. The van der Waals surface area contributed by atoms with Crippen molar-refractivity contribution in [2.45, 2.75) is 0 Å². The van der Waals surface area contributed by atoms with Gasteiger partial charge in [0.05, 0.1) is 6.07 Å². The predicted octanol–water partition coefficient (Wildman–Crippen LogP) is 1.02. The van der Waals surface area contributed by atoms with Gasteiger partial charge >= 0.3 is 5.88 Å². The molecule has 0 amide bonds. The van der Waals surface area contributed by atoms with E-state index in [1.54, 1.807) is 0 Å². The van der Waals surface area contributed by atoms with E-state index in [-0.39, 0.29) is 11.0 Å². The highest BCUT2D eigenvalue weighted by Crippen LogP contribution is 2.16. The summed E-state index contributed by atoms with van der Waals surface area (Å²) in [5.41, 5.74) is 7.46. The van der Waals surface area contributed by atoms with Gasteiger partial charge in [0.2, 0.25) is 0 Å². The van der Waals surface area contributed by atoms with Gasteiger partial charge < -0.3 is 10.2 Å². The van der Waals surface area contributed by atoms with Crippen LogP contribution in [0.5, 0.6) is 0 Å². The fraction of sp³-hybridized carbons (Fsp3) is 0. The molecule has 0 atom stereocenters. The van der Waals surface area contributed by atoms with Crippen LogP contribution in [0.3, 0.4) is 0 Å². The van der Waals surface area contributed by atoms with Crippen LogP contribution in [0.2, 0.25) is 0 Å². The second kappa shape index (κ2) is 5.61. The Morgan fingerprint density at radius 3 is 3.00 bits per heavy atom. The second-order valence-corrected chi connectivity index (χ2v) is 2.99. The van der Waals surface area contributed by atoms with E-state index in [9.17, 15) is 10.1 Å². The van der Waals surface area contributed by atoms with Crippen LogP contribution in [-0.2, 0) is 0 Å². The molecule has 0 aliphatic rings. The molecule has 84 valence electrons. The monoisotopic (exact) mass is 240 g/mol. The van der Waals surface area contributed by atoms with Gasteiger partial charge in [0.1, 0.15) is 10.7 Å². The third-order valence-corrected chi connectivity index (χ3v) is 1.48. The first-order valence-electron chi connectivity index (χ1n) is 4.09. The highest BCUT2D eigenvalue weighted by molar-refractivity contribution is 7.80. The van der Waals surface area contributed by atoms with Crippen LogP contribution < -0.4 is 11.2 Å². The van der Waals surface area contributed by atoms with Crippen LogP contribution in [0.15, 0.2) is 27.7 Å². The van der Waals surface area contributed by atoms with Crippen LogP contribution in [-0.4, -0.2) is 16.3 Å². The molecule has 1 rings (SSSR count). The summed E-state index contributed by atoms with van der Waals surface area (Å²) in [5, 5.41) is 14.0. The standard InChI is InChI=1S/C8H8N4O3S/c9-8(16)11-10-5-1-2-6-3-4-7(15-6)12(13)14/h1-5H,(H3,9,11,16)/b2-1+,10-5+. The van der Waals surface area contributed by atoms with Gasteiger partial charge in [-0.15, -0.1) is 0 Å². The number of hydrazone groups is 1. The minimum atomic E-state index is -0.611. The van der Waals surface area contributed by atoms with E-state index < -0.39 is 4.92 Å². The zero-order chi connectivity index (χ0) is 12.0. The zero-order valence-corrected chi connectivity index (χ0v) is 8.81. The molecule has 0 unspecified atom stereocenters. The normalized spacial score (nSPS) is 11.0. The van der Waals surface area contributed by atoms with Crippen LogP contribution in [0.25, 0.3) is 6.08 Å². The molecule has 16 heavy (non-hydrogen) atoms. The van der Waals surface area contributed by atoms with E-state index >= 15 is 0 Å². The molecule has 0 radical (unpaired) electrons. The molecule has 7 nitrogen and oxygen atoms in total. The molecule has 1 heterocycles. The molecule has 8 heteroatoms. The van der Waals surface area contributed by atoms with Gasteiger partial charge in [0.15, 0.2) is 5.11 Å². The van der Waals surface area contributed by atoms with E-state index in [1.807, 2.05) is 0 Å². The number of furan rings is 1. The average Bonchev–Trinajstić information content (AvgIpc) is 2.65. The molecule has 0 bridgehead atoms. The van der Waals surface area contributed by atoms with E-state index in [0.29, 0.717) is 5.76 Å². The Hall–Kier alpha value is -2.22. The Labute approximate surface area is 95.8 Å². The number of nitro groups is 1. The summed E-state index contributed by atoms with van der Waals surface area (Å²) in [7, 11) is 0. The van der Waals surface area contributed by atoms with Gasteiger partial charge in [0, 0.05) is 6.21 Å². The summed E-state index contributed by atoms with van der Waals surface area (Å²) >= 11 is 4.51. The second-order valence-electron chi connectivity index (χ2n) is 2.55. The number of nitrogens with zero attached hydrogens (tertiary/aromatic N) is 2. The van der Waals surface area contributed by atoms with Crippen molar-refractivity contribution >= 4 is 35.5 Å². The molecular weight excluding hydrogens is 232 g/mol. The van der Waals surface area contributed by atoms with E-state index in [2.05, 4.69) is 22.7 Å². The maximum absolute atomic E-state index is 10.3. The van der Waals surface area contributed by atoms with E-state index in [0.717, 1.165) is 0 Å². The summed E-state index contributed by atoms with van der Waals surface area (Å²) in [6, 6.07) is 2.74. The Kier molecular flexibility index (Phi) is 4.16. The number of rotatable bonds is 4. The fourth-order valence-electron chi connectivity index (χ4n) is 0.812. The molecule has 1 aromatic heterocycles. The number of thiocarbonyl (C=S) groups is 1. The van der Waals surface area contributed by atoms with Crippen LogP contribution >= 0.6 is 12.2 Å². The number of allylic oxidation sites excluding steroid dienone is 1. The summed E-state index contributed by atoms with van der Waals surface area (Å²) < 4.78 is 4.85. The minimum Gasteiger partial charge on any atom is -0.401 e. The van der Waals surface area contributed by atoms with Crippen molar-refractivity contribution in [2.75, 3.05) is 0 Å². The first kappa shape index (κ1) is 11.9. The maximum atomic E-state index is 10.3. The molecule has 0 aliphatic heterocycles. The predicted molar refractivity (Wildman–Crippen MR) is 62.8 cm³/mol. The molecule has 0 saturated heterocycles. The van der Waals surface area contributed by atoms with E-state index in [4.69, 9.17) is 10.2 Å². The van der Waals surface area contributed by atoms with Crippen LogP contribution in [0, 0.1) is 10.1 Å². The lowest BCUT2D eigenvalue weighted by Gasteiger charge is -1.90. The lowest BCUT2D eigenvalue weighted by Crippen LogP contribution is -2.23. The smallest absolute Gasteiger partial charge is 0.401 e. The zero-order valence-electron chi connectivity index (χ0n) is 7.99. The Morgan fingerprint density at radius 1 is 1.69 bits per heavy atom. The highest BCUT2D eigenvalue weighted by Gasteiger charge is 2.09. The van der Waals surface area contributed by atoms with Gasteiger partial charge in [0.25, 0.3) is 0 Å². The SMILES string of the molecule is NC(=S)N/N=C/C=C/c1ccc([N+](=O)[O-])o1. The van der Waals surface area contributed by atoms with Crippen molar-refractivity contribution in [3.05, 3.63) is 34.1 Å². The van der Waals surface area contributed by atoms with E-state index in [1.165, 1.54) is 30.5 Å². The quantitative estimate of drug-likeness (QED) is 0.352. The van der Waals surface area contributed by atoms with Gasteiger partial charge in [-0.05, 0) is 30.4 Å². The first-order chi connectivity index (χ1) is 7.59. The maximum Gasteiger partial charge on any atom is 0.433 e. The number of nitrogens with one attached hydrogen (secondary N) is 1. The van der Waals surface area contributed by atoms with Crippen molar-refractivity contribution in [3.63, 3.8) is 0 Å². The molecular formula is C8H8N4O3S. The topological polar surface area (TPSA) is 107 Å². The van der Waals surface area contributed by atoms with Crippen molar-refractivity contribution in [2.24, 2.45) is 10.8 Å².